The molecule has 0 saturated carbocycles. The van der Waals surface area contributed by atoms with E-state index in [-0.39, 0.29) is 5.78 Å². The topological polar surface area (TPSA) is 30.0 Å². The standard InChI is InChI=1S/C10H12ClNO/c1-4-8-5-9(11)10(7(3)13)6(2)12-8/h5H,4H2,1-3H3. The molecule has 1 heterocycles. The van der Waals surface area contributed by atoms with E-state index in [9.17, 15) is 4.79 Å². The summed E-state index contributed by atoms with van der Waals surface area (Å²) in [4.78, 5) is 15.4. The number of ketones is 1. The Bertz CT molecular complexity index is 324. The van der Waals surface area contributed by atoms with E-state index in [2.05, 4.69) is 4.98 Å². The Hall–Kier alpha value is -0.890. The molecule has 0 radical (unpaired) electrons. The Morgan fingerprint density at radius 1 is 1.62 bits per heavy atom. The van der Waals surface area contributed by atoms with Crippen LogP contribution in [0, 0.1) is 6.92 Å². The first kappa shape index (κ1) is 10.2. The van der Waals surface area contributed by atoms with Crippen molar-refractivity contribution in [3.63, 3.8) is 0 Å². The number of halogens is 1. The molecule has 13 heavy (non-hydrogen) atoms. The summed E-state index contributed by atoms with van der Waals surface area (Å²) in [5.41, 5.74) is 2.18. The summed E-state index contributed by atoms with van der Waals surface area (Å²) in [6, 6.07) is 1.76. The second-order valence-electron chi connectivity index (χ2n) is 2.97. The van der Waals surface area contributed by atoms with Crippen molar-refractivity contribution in [1.82, 2.24) is 4.98 Å². The molecule has 0 amide bonds. The molecule has 1 rings (SSSR count). The van der Waals surface area contributed by atoms with Crippen molar-refractivity contribution in [3.8, 4) is 0 Å². The third kappa shape index (κ3) is 2.07. The summed E-state index contributed by atoms with van der Waals surface area (Å²) in [5.74, 6) is -0.0300. The highest BCUT2D eigenvalue weighted by Gasteiger charge is 2.11. The molecule has 0 spiro atoms. The van der Waals surface area contributed by atoms with E-state index in [1.54, 1.807) is 6.07 Å². The van der Waals surface area contributed by atoms with Crippen LogP contribution in [0.5, 0.6) is 0 Å². The molecule has 0 aliphatic carbocycles. The SMILES string of the molecule is CCc1cc(Cl)c(C(C)=O)c(C)n1. The quantitative estimate of drug-likeness (QED) is 0.683. The number of pyridine rings is 1. The van der Waals surface area contributed by atoms with Gasteiger partial charge in [0.25, 0.3) is 0 Å². The smallest absolute Gasteiger partial charge is 0.163 e. The summed E-state index contributed by atoms with van der Waals surface area (Å²) in [5, 5.41) is 0.511. The predicted molar refractivity (Wildman–Crippen MR) is 53.4 cm³/mol. The van der Waals surface area contributed by atoms with Crippen LogP contribution in [-0.4, -0.2) is 10.8 Å². The molecule has 0 aromatic carbocycles. The fraction of sp³-hybridized carbons (Fsp3) is 0.400. The van der Waals surface area contributed by atoms with Gasteiger partial charge in [-0.05, 0) is 26.3 Å². The van der Waals surface area contributed by atoms with E-state index in [1.807, 2.05) is 13.8 Å². The average molecular weight is 198 g/mol. The van der Waals surface area contributed by atoms with Crippen LogP contribution in [0.15, 0.2) is 6.07 Å². The van der Waals surface area contributed by atoms with Crippen LogP contribution in [0.3, 0.4) is 0 Å². The fourth-order valence-electron chi connectivity index (χ4n) is 1.30. The average Bonchev–Trinajstić information content (AvgIpc) is 2.02. The van der Waals surface area contributed by atoms with Crippen molar-refractivity contribution in [1.29, 1.82) is 0 Å². The molecular formula is C10H12ClNO. The summed E-state index contributed by atoms with van der Waals surface area (Å²) < 4.78 is 0. The Balaban J connectivity index is 3.31. The molecule has 0 aliphatic heterocycles. The molecular weight excluding hydrogens is 186 g/mol. The summed E-state index contributed by atoms with van der Waals surface area (Å²) in [7, 11) is 0. The Morgan fingerprint density at radius 3 is 2.62 bits per heavy atom. The summed E-state index contributed by atoms with van der Waals surface area (Å²) >= 11 is 5.95. The normalized spacial score (nSPS) is 10.2. The van der Waals surface area contributed by atoms with Gasteiger partial charge in [-0.1, -0.05) is 18.5 Å². The lowest BCUT2D eigenvalue weighted by Gasteiger charge is -2.06. The second kappa shape index (κ2) is 3.88. The largest absolute Gasteiger partial charge is 0.294 e. The van der Waals surface area contributed by atoms with Gasteiger partial charge in [0.1, 0.15) is 0 Å². The monoisotopic (exact) mass is 197 g/mol. The van der Waals surface area contributed by atoms with Crippen LogP contribution in [0.25, 0.3) is 0 Å². The van der Waals surface area contributed by atoms with Crippen LogP contribution in [-0.2, 0) is 6.42 Å². The van der Waals surface area contributed by atoms with Crippen LogP contribution in [0.1, 0.15) is 35.6 Å². The molecule has 70 valence electrons. The maximum atomic E-state index is 11.2. The van der Waals surface area contributed by atoms with Crippen molar-refractivity contribution in [2.24, 2.45) is 0 Å². The van der Waals surface area contributed by atoms with E-state index >= 15 is 0 Å². The first-order chi connectivity index (χ1) is 6.06. The number of carbonyl (C=O) groups is 1. The van der Waals surface area contributed by atoms with Gasteiger partial charge >= 0.3 is 0 Å². The van der Waals surface area contributed by atoms with E-state index in [1.165, 1.54) is 6.92 Å². The lowest BCUT2D eigenvalue weighted by atomic mass is 10.1. The summed E-state index contributed by atoms with van der Waals surface area (Å²) in [6.07, 6.45) is 0.832. The van der Waals surface area contributed by atoms with Gasteiger partial charge in [0.15, 0.2) is 5.78 Å². The number of hydrogen-bond acceptors (Lipinski definition) is 2. The number of aryl methyl sites for hydroxylation is 2. The highest BCUT2D eigenvalue weighted by molar-refractivity contribution is 6.34. The van der Waals surface area contributed by atoms with Crippen LogP contribution in [0.4, 0.5) is 0 Å². The molecule has 0 fully saturated rings. The van der Waals surface area contributed by atoms with Crippen molar-refractivity contribution < 1.29 is 4.79 Å². The molecule has 0 bridgehead atoms. The first-order valence-electron chi connectivity index (χ1n) is 4.23. The van der Waals surface area contributed by atoms with Gasteiger partial charge < -0.3 is 0 Å². The van der Waals surface area contributed by atoms with Crippen LogP contribution < -0.4 is 0 Å². The minimum Gasteiger partial charge on any atom is -0.294 e. The fourth-order valence-corrected chi connectivity index (χ4v) is 1.69. The zero-order valence-corrected chi connectivity index (χ0v) is 8.77. The zero-order valence-electron chi connectivity index (χ0n) is 8.02. The van der Waals surface area contributed by atoms with Gasteiger partial charge in [-0.25, -0.2) is 0 Å². The first-order valence-corrected chi connectivity index (χ1v) is 4.61. The molecule has 0 aliphatic rings. The third-order valence-corrected chi connectivity index (χ3v) is 2.22. The Labute approximate surface area is 82.9 Å². The Kier molecular flexibility index (Phi) is 3.04. The number of rotatable bonds is 2. The molecule has 1 aromatic rings. The number of carbonyl (C=O) groups excluding carboxylic acids is 1. The van der Waals surface area contributed by atoms with Crippen molar-refractivity contribution in [3.05, 3.63) is 28.0 Å². The second-order valence-corrected chi connectivity index (χ2v) is 3.37. The number of nitrogens with zero attached hydrogens (tertiary/aromatic N) is 1. The molecule has 0 atom stereocenters. The van der Waals surface area contributed by atoms with Gasteiger partial charge in [-0.15, -0.1) is 0 Å². The maximum absolute atomic E-state index is 11.2. The van der Waals surface area contributed by atoms with E-state index in [0.717, 1.165) is 17.8 Å². The van der Waals surface area contributed by atoms with Gasteiger partial charge in [-0.3, -0.25) is 9.78 Å². The Morgan fingerprint density at radius 2 is 2.23 bits per heavy atom. The van der Waals surface area contributed by atoms with Gasteiger partial charge in [0, 0.05) is 11.4 Å². The molecule has 2 nitrogen and oxygen atoms in total. The predicted octanol–water partition coefficient (Wildman–Crippen LogP) is 2.81. The molecule has 0 unspecified atom stereocenters. The highest BCUT2D eigenvalue weighted by atomic mass is 35.5. The maximum Gasteiger partial charge on any atom is 0.163 e. The number of Topliss-reactive ketones (excluding diaryl/α,β-unsaturated/α-hetero) is 1. The number of hydrogen-bond donors (Lipinski definition) is 0. The zero-order chi connectivity index (χ0) is 10.0. The van der Waals surface area contributed by atoms with Crippen molar-refractivity contribution >= 4 is 17.4 Å². The van der Waals surface area contributed by atoms with Gasteiger partial charge in [0.05, 0.1) is 10.6 Å². The molecule has 3 heteroatoms. The number of aromatic nitrogens is 1. The van der Waals surface area contributed by atoms with E-state index in [4.69, 9.17) is 11.6 Å². The lowest BCUT2D eigenvalue weighted by Crippen LogP contribution is -2.02. The van der Waals surface area contributed by atoms with Crippen LogP contribution in [0.2, 0.25) is 5.02 Å². The lowest BCUT2D eigenvalue weighted by molar-refractivity contribution is 0.101. The van der Waals surface area contributed by atoms with Gasteiger partial charge in [-0.2, -0.15) is 0 Å². The minimum absolute atomic E-state index is 0.0300. The molecule has 0 N–H and O–H groups in total. The van der Waals surface area contributed by atoms with Gasteiger partial charge in [0.2, 0.25) is 0 Å². The van der Waals surface area contributed by atoms with Crippen molar-refractivity contribution in [2.75, 3.05) is 0 Å². The van der Waals surface area contributed by atoms with Crippen molar-refractivity contribution in [2.45, 2.75) is 27.2 Å². The third-order valence-electron chi connectivity index (χ3n) is 1.92. The van der Waals surface area contributed by atoms with Crippen LogP contribution >= 0.6 is 11.6 Å². The van der Waals surface area contributed by atoms with E-state index in [0.29, 0.717) is 10.6 Å². The summed E-state index contributed by atoms with van der Waals surface area (Å²) in [6.45, 7) is 5.31. The molecule has 1 aromatic heterocycles. The van der Waals surface area contributed by atoms with E-state index < -0.39 is 0 Å². The minimum atomic E-state index is -0.0300. The molecule has 0 saturated heterocycles. The highest BCUT2D eigenvalue weighted by Crippen LogP contribution is 2.20.